The van der Waals surface area contributed by atoms with Gasteiger partial charge in [-0.05, 0) is 41.2 Å². The van der Waals surface area contributed by atoms with Crippen molar-refractivity contribution >= 4 is 19.4 Å². The Morgan fingerprint density at radius 3 is 1.83 bits per heavy atom. The van der Waals surface area contributed by atoms with Crippen LogP contribution in [-0.4, -0.2) is 35.5 Å². The van der Waals surface area contributed by atoms with Crippen molar-refractivity contribution < 1.29 is 28.5 Å². The van der Waals surface area contributed by atoms with Gasteiger partial charge in [-0.15, -0.1) is 0 Å². The second kappa shape index (κ2) is 15.2. The largest absolute Gasteiger partial charge is 0.466 e. The molecule has 8 heteroatoms. The van der Waals surface area contributed by atoms with Gasteiger partial charge in [0.25, 0.3) is 0 Å². The highest BCUT2D eigenvalue weighted by Crippen LogP contribution is 2.48. The number of benzene rings is 4. The molecule has 0 aliphatic heterocycles. The minimum Gasteiger partial charge on any atom is -0.466 e. The highest BCUT2D eigenvalue weighted by atomic mass is 31.2. The fraction of sp³-hybridized carbons (Fsp3) is 0.235. The van der Waals surface area contributed by atoms with Crippen LogP contribution in [0.2, 0.25) is 0 Å². The molecule has 0 saturated heterocycles. The predicted octanol–water partition coefficient (Wildman–Crippen LogP) is 6.84. The molecule has 0 saturated carbocycles. The Hall–Kier alpha value is -4.19. The Labute approximate surface area is 247 Å². The number of carbonyl (C=O) groups is 2. The van der Waals surface area contributed by atoms with Crippen LogP contribution in [0.3, 0.4) is 0 Å². The summed E-state index contributed by atoms with van der Waals surface area (Å²) in [5.74, 6) is -2.60. The van der Waals surface area contributed by atoms with Crippen LogP contribution in [0.1, 0.15) is 23.6 Å². The third-order valence-electron chi connectivity index (χ3n) is 6.90. The summed E-state index contributed by atoms with van der Waals surface area (Å²) in [5, 5.41) is 2.62. The minimum atomic E-state index is -4.16. The molecule has 4 rings (SSSR count). The Morgan fingerprint density at radius 1 is 0.714 bits per heavy atom. The molecule has 3 atom stereocenters. The van der Waals surface area contributed by atoms with Gasteiger partial charge in [0.2, 0.25) is 7.37 Å². The number of nitrogens with one attached hydrogen (secondary N) is 1. The number of hydrogen-bond acceptors (Lipinski definition) is 5. The summed E-state index contributed by atoms with van der Waals surface area (Å²) in [5.41, 5.74) is 4.49. The van der Waals surface area contributed by atoms with Gasteiger partial charge < -0.3 is 19.7 Å². The maximum atomic E-state index is 14.0. The number of rotatable bonds is 13. The summed E-state index contributed by atoms with van der Waals surface area (Å²) < 4.78 is 24.6. The van der Waals surface area contributed by atoms with E-state index in [9.17, 15) is 19.0 Å². The number of hydrogen-bond donors (Lipinski definition) is 2. The third-order valence-corrected chi connectivity index (χ3v) is 9.15. The van der Waals surface area contributed by atoms with Crippen LogP contribution in [0.15, 0.2) is 115 Å². The van der Waals surface area contributed by atoms with Gasteiger partial charge in [-0.2, -0.15) is 0 Å². The topological polar surface area (TPSA) is 102 Å². The molecule has 0 radical (unpaired) electrons. The van der Waals surface area contributed by atoms with Gasteiger partial charge >= 0.3 is 12.1 Å². The van der Waals surface area contributed by atoms with Crippen LogP contribution in [-0.2, 0) is 38.3 Å². The molecule has 1 amide bonds. The Morgan fingerprint density at radius 2 is 1.24 bits per heavy atom. The third kappa shape index (κ3) is 9.16. The van der Waals surface area contributed by atoms with Crippen molar-refractivity contribution in [3.05, 3.63) is 132 Å². The number of amides is 1. The molecule has 4 aromatic rings. The number of alkyl carbamates (subject to hydrolysis) is 1. The summed E-state index contributed by atoms with van der Waals surface area (Å²) in [6.07, 6.45) is -0.855. The van der Waals surface area contributed by atoms with Crippen LogP contribution < -0.4 is 5.32 Å². The Balaban J connectivity index is 1.51. The molecule has 0 bridgehead atoms. The highest BCUT2D eigenvalue weighted by Gasteiger charge is 2.38. The summed E-state index contributed by atoms with van der Waals surface area (Å²) >= 11 is 0. The molecule has 0 aliphatic carbocycles. The quantitative estimate of drug-likeness (QED) is 0.132. The van der Waals surface area contributed by atoms with Gasteiger partial charge in [0.15, 0.2) is 0 Å². The molecule has 0 fully saturated rings. The van der Waals surface area contributed by atoms with Gasteiger partial charge in [0, 0.05) is 12.6 Å². The SMILES string of the molecule is CCOC(=O)C(Cc1ccc(-c2ccccc2)cc1)CP(=O)(O)C(Cc1ccccc1)NC(=O)OCc1ccccc1. The van der Waals surface area contributed by atoms with Crippen LogP contribution in [0.25, 0.3) is 11.1 Å². The minimum absolute atomic E-state index is 0.0187. The van der Waals surface area contributed by atoms with E-state index in [1.165, 1.54) is 0 Å². The molecular weight excluding hydrogens is 549 g/mol. The maximum absolute atomic E-state index is 14.0. The van der Waals surface area contributed by atoms with Crippen LogP contribution in [0.5, 0.6) is 0 Å². The molecule has 42 heavy (non-hydrogen) atoms. The average Bonchev–Trinajstić information content (AvgIpc) is 3.01. The standard InChI is InChI=1S/C34H36NO6P/c1-2-40-33(36)31(22-27-18-20-30(21-19-27)29-16-10-5-11-17-29)25-42(38,39)32(23-26-12-6-3-7-13-26)35-34(37)41-24-28-14-8-4-9-15-28/h3-21,31-32H,2,22-25H2,1H3,(H,35,37)(H,38,39). The van der Waals surface area contributed by atoms with E-state index in [4.69, 9.17) is 9.47 Å². The molecule has 218 valence electrons. The summed E-state index contributed by atoms with van der Waals surface area (Å²) in [4.78, 5) is 37.2. The van der Waals surface area contributed by atoms with Crippen molar-refractivity contribution in [3.8, 4) is 11.1 Å². The Bertz CT molecular complexity index is 1460. The average molecular weight is 586 g/mol. The molecule has 0 heterocycles. The molecule has 7 nitrogen and oxygen atoms in total. The zero-order chi connectivity index (χ0) is 29.8. The zero-order valence-electron chi connectivity index (χ0n) is 23.6. The van der Waals surface area contributed by atoms with Gasteiger partial charge in [-0.3, -0.25) is 9.36 Å². The predicted molar refractivity (Wildman–Crippen MR) is 164 cm³/mol. The molecule has 2 N–H and O–H groups in total. The highest BCUT2D eigenvalue weighted by molar-refractivity contribution is 7.58. The van der Waals surface area contributed by atoms with E-state index >= 15 is 0 Å². The maximum Gasteiger partial charge on any atom is 0.408 e. The molecule has 4 aromatic carbocycles. The smallest absolute Gasteiger partial charge is 0.408 e. The van der Waals surface area contributed by atoms with Crippen molar-refractivity contribution in [2.45, 2.75) is 32.2 Å². The van der Waals surface area contributed by atoms with E-state index < -0.39 is 31.1 Å². The summed E-state index contributed by atoms with van der Waals surface area (Å²) in [7, 11) is -4.16. The van der Waals surface area contributed by atoms with Gasteiger partial charge in [0.1, 0.15) is 12.4 Å². The lowest BCUT2D eigenvalue weighted by molar-refractivity contribution is -0.147. The van der Waals surface area contributed by atoms with Gasteiger partial charge in [0.05, 0.1) is 12.5 Å². The van der Waals surface area contributed by atoms with E-state index in [0.717, 1.165) is 27.8 Å². The molecule has 3 unspecified atom stereocenters. The molecule has 0 aromatic heterocycles. The van der Waals surface area contributed by atoms with Crippen molar-refractivity contribution in [3.63, 3.8) is 0 Å². The normalized spacial score (nSPS) is 13.8. The monoisotopic (exact) mass is 585 g/mol. The second-order valence-corrected chi connectivity index (χ2v) is 12.6. The van der Waals surface area contributed by atoms with Crippen molar-refractivity contribution in [2.24, 2.45) is 5.92 Å². The van der Waals surface area contributed by atoms with Crippen molar-refractivity contribution in [2.75, 3.05) is 12.8 Å². The van der Waals surface area contributed by atoms with Gasteiger partial charge in [-0.1, -0.05) is 115 Å². The molecule has 0 spiro atoms. The second-order valence-electron chi connectivity index (χ2n) is 10.1. The fourth-order valence-corrected chi connectivity index (χ4v) is 6.67. The first-order valence-corrected chi connectivity index (χ1v) is 15.9. The first kappa shape index (κ1) is 30.8. The lowest BCUT2D eigenvalue weighted by Gasteiger charge is -2.27. The lowest BCUT2D eigenvalue weighted by Crippen LogP contribution is -2.38. The van der Waals surface area contributed by atoms with Crippen molar-refractivity contribution in [1.82, 2.24) is 5.32 Å². The Kier molecular flexibility index (Phi) is 11.1. The zero-order valence-corrected chi connectivity index (χ0v) is 24.5. The van der Waals surface area contributed by atoms with Crippen LogP contribution >= 0.6 is 7.37 Å². The summed E-state index contributed by atoms with van der Waals surface area (Å²) in [6.45, 7) is 1.87. The van der Waals surface area contributed by atoms with E-state index in [1.807, 2.05) is 115 Å². The lowest BCUT2D eigenvalue weighted by atomic mass is 9.98. The first-order valence-electron chi connectivity index (χ1n) is 14.0. The number of ether oxygens (including phenoxy) is 2. The van der Waals surface area contributed by atoms with Crippen molar-refractivity contribution in [1.29, 1.82) is 0 Å². The van der Waals surface area contributed by atoms with Gasteiger partial charge in [-0.25, -0.2) is 4.79 Å². The molecular formula is C34H36NO6P. The van der Waals surface area contributed by atoms with Crippen LogP contribution in [0.4, 0.5) is 4.79 Å². The molecule has 0 aliphatic rings. The summed E-state index contributed by atoms with van der Waals surface area (Å²) in [6, 6.07) is 36.0. The number of esters is 1. The van der Waals surface area contributed by atoms with Crippen LogP contribution in [0, 0.1) is 5.92 Å². The van der Waals surface area contributed by atoms with E-state index in [1.54, 1.807) is 6.92 Å². The van der Waals surface area contributed by atoms with E-state index in [-0.39, 0.29) is 32.2 Å². The first-order chi connectivity index (χ1) is 20.3. The van der Waals surface area contributed by atoms with E-state index in [0.29, 0.717) is 0 Å². The number of carbonyl (C=O) groups excluding carboxylic acids is 2. The fourth-order valence-electron chi connectivity index (χ4n) is 4.71. The van der Waals surface area contributed by atoms with E-state index in [2.05, 4.69) is 5.32 Å².